The van der Waals surface area contributed by atoms with E-state index in [4.69, 9.17) is 16.3 Å². The Bertz CT molecular complexity index is 466. The number of hydrogen-bond donors (Lipinski definition) is 0. The van der Waals surface area contributed by atoms with Gasteiger partial charge in [0.1, 0.15) is 5.75 Å². The summed E-state index contributed by atoms with van der Waals surface area (Å²) in [6.07, 6.45) is 3.85. The van der Waals surface area contributed by atoms with Crippen LogP contribution in [0.3, 0.4) is 0 Å². The van der Waals surface area contributed by atoms with Crippen LogP contribution in [0.4, 0.5) is 0 Å². The van der Waals surface area contributed by atoms with E-state index in [1.54, 1.807) is 7.11 Å². The van der Waals surface area contributed by atoms with Crippen LogP contribution in [0.5, 0.6) is 5.75 Å². The molecular formula is C16H21ClO. The van der Waals surface area contributed by atoms with Crippen LogP contribution in [0.2, 0.25) is 5.02 Å². The maximum atomic E-state index is 6.28. The van der Waals surface area contributed by atoms with Crippen molar-refractivity contribution in [3.63, 3.8) is 0 Å². The van der Waals surface area contributed by atoms with Crippen LogP contribution in [0, 0.1) is 25.7 Å². The number of unbranched alkanes of at least 4 members (excludes halogenated alkanes) is 1. The quantitative estimate of drug-likeness (QED) is 0.716. The molecule has 0 spiro atoms. The summed E-state index contributed by atoms with van der Waals surface area (Å²) in [7, 11) is 1.70. The van der Waals surface area contributed by atoms with E-state index in [-0.39, 0.29) is 0 Å². The maximum Gasteiger partial charge on any atom is 0.122 e. The Balaban J connectivity index is 2.88. The van der Waals surface area contributed by atoms with Crippen molar-refractivity contribution in [2.75, 3.05) is 7.11 Å². The van der Waals surface area contributed by atoms with Crippen molar-refractivity contribution in [3.8, 4) is 17.6 Å². The molecule has 98 valence electrons. The zero-order valence-electron chi connectivity index (χ0n) is 11.7. The van der Waals surface area contributed by atoms with Crippen LogP contribution in [-0.4, -0.2) is 7.11 Å². The first-order chi connectivity index (χ1) is 8.61. The fourth-order valence-electron chi connectivity index (χ4n) is 1.94. The Labute approximate surface area is 115 Å². The lowest BCUT2D eigenvalue weighted by Crippen LogP contribution is -1.98. The number of methoxy groups -OCH3 is 1. The fourth-order valence-corrected chi connectivity index (χ4v) is 2.11. The highest BCUT2D eigenvalue weighted by Crippen LogP contribution is 2.32. The predicted molar refractivity (Wildman–Crippen MR) is 78.5 cm³/mol. The minimum Gasteiger partial charge on any atom is -0.496 e. The van der Waals surface area contributed by atoms with Gasteiger partial charge in [-0.1, -0.05) is 18.5 Å². The van der Waals surface area contributed by atoms with Gasteiger partial charge in [-0.05, 0) is 49.4 Å². The number of benzene rings is 1. The van der Waals surface area contributed by atoms with E-state index >= 15 is 0 Å². The molecule has 0 fully saturated rings. The summed E-state index contributed by atoms with van der Waals surface area (Å²) in [5.74, 6) is 7.29. The third kappa shape index (κ3) is 3.68. The Morgan fingerprint density at radius 3 is 2.50 bits per heavy atom. The lowest BCUT2D eigenvalue weighted by atomic mass is 10.00. The van der Waals surface area contributed by atoms with Gasteiger partial charge in [-0.15, -0.1) is 11.8 Å². The second-order valence-electron chi connectivity index (χ2n) is 4.42. The van der Waals surface area contributed by atoms with Crippen LogP contribution >= 0.6 is 11.6 Å². The number of halogens is 1. The second-order valence-corrected chi connectivity index (χ2v) is 4.79. The molecule has 1 nitrogen and oxygen atoms in total. The largest absolute Gasteiger partial charge is 0.496 e. The Kier molecular flexibility index (Phi) is 6.09. The zero-order chi connectivity index (χ0) is 13.5. The van der Waals surface area contributed by atoms with Crippen LogP contribution in [0.1, 0.15) is 42.9 Å². The summed E-state index contributed by atoms with van der Waals surface area (Å²) >= 11 is 6.28. The van der Waals surface area contributed by atoms with Gasteiger partial charge in [0.05, 0.1) is 7.11 Å². The molecule has 18 heavy (non-hydrogen) atoms. The van der Waals surface area contributed by atoms with Crippen molar-refractivity contribution in [2.45, 2.75) is 46.5 Å². The molecule has 0 N–H and O–H groups in total. The summed E-state index contributed by atoms with van der Waals surface area (Å²) in [4.78, 5) is 0. The smallest absolute Gasteiger partial charge is 0.122 e. The van der Waals surface area contributed by atoms with E-state index in [0.29, 0.717) is 0 Å². The molecular weight excluding hydrogens is 244 g/mol. The molecule has 0 saturated carbocycles. The van der Waals surface area contributed by atoms with E-state index in [2.05, 4.69) is 18.8 Å². The number of ether oxygens (including phenoxy) is 1. The highest BCUT2D eigenvalue weighted by molar-refractivity contribution is 6.32. The minimum atomic E-state index is 0.840. The molecule has 0 aromatic heterocycles. The van der Waals surface area contributed by atoms with Gasteiger partial charge >= 0.3 is 0 Å². The lowest BCUT2D eigenvalue weighted by molar-refractivity contribution is 0.409. The molecule has 0 saturated heterocycles. The molecule has 0 radical (unpaired) electrons. The molecule has 1 aromatic carbocycles. The van der Waals surface area contributed by atoms with Crippen molar-refractivity contribution in [1.82, 2.24) is 0 Å². The number of hydrogen-bond acceptors (Lipinski definition) is 1. The average molecular weight is 265 g/mol. The number of rotatable bonds is 4. The molecule has 0 aliphatic rings. The lowest BCUT2D eigenvalue weighted by Gasteiger charge is -2.14. The molecule has 1 aromatic rings. The van der Waals surface area contributed by atoms with E-state index in [1.807, 2.05) is 19.9 Å². The van der Waals surface area contributed by atoms with E-state index in [1.165, 1.54) is 5.56 Å². The van der Waals surface area contributed by atoms with Gasteiger partial charge in [0.2, 0.25) is 0 Å². The van der Waals surface area contributed by atoms with Crippen molar-refractivity contribution >= 4 is 11.6 Å². The first-order valence-corrected chi connectivity index (χ1v) is 6.77. The molecule has 2 heteroatoms. The molecule has 0 heterocycles. The third-order valence-corrected chi connectivity index (χ3v) is 3.57. The zero-order valence-corrected chi connectivity index (χ0v) is 12.4. The average Bonchev–Trinajstić information content (AvgIpc) is 2.37. The summed E-state index contributed by atoms with van der Waals surface area (Å²) in [6.45, 7) is 6.19. The van der Waals surface area contributed by atoms with Crippen molar-refractivity contribution < 1.29 is 4.74 Å². The van der Waals surface area contributed by atoms with Crippen molar-refractivity contribution in [2.24, 2.45) is 0 Å². The summed E-state index contributed by atoms with van der Waals surface area (Å²) < 4.78 is 5.43. The highest BCUT2D eigenvalue weighted by atomic mass is 35.5. The molecule has 0 bridgehead atoms. The molecule has 0 amide bonds. The van der Waals surface area contributed by atoms with Gasteiger partial charge in [-0.25, -0.2) is 0 Å². The van der Waals surface area contributed by atoms with Gasteiger partial charge in [-0.2, -0.15) is 0 Å². The molecule has 0 atom stereocenters. The van der Waals surface area contributed by atoms with E-state index in [0.717, 1.165) is 47.6 Å². The van der Waals surface area contributed by atoms with E-state index in [9.17, 15) is 0 Å². The molecule has 0 aliphatic carbocycles. The monoisotopic (exact) mass is 264 g/mol. The Hall–Kier alpha value is -1.13. The van der Waals surface area contributed by atoms with Crippen LogP contribution in [0.25, 0.3) is 0 Å². The van der Waals surface area contributed by atoms with E-state index < -0.39 is 0 Å². The van der Waals surface area contributed by atoms with Crippen molar-refractivity contribution in [3.05, 3.63) is 27.8 Å². The van der Waals surface area contributed by atoms with Gasteiger partial charge in [0.25, 0.3) is 0 Å². The van der Waals surface area contributed by atoms with Crippen LogP contribution in [-0.2, 0) is 6.42 Å². The van der Waals surface area contributed by atoms with Gasteiger partial charge in [-0.3, -0.25) is 0 Å². The van der Waals surface area contributed by atoms with Gasteiger partial charge in [0.15, 0.2) is 0 Å². The van der Waals surface area contributed by atoms with Crippen LogP contribution < -0.4 is 4.74 Å². The standard InChI is InChI=1S/C16H21ClO/c1-5-6-7-8-9-10-14-13(3)16(17)12(2)11-15(14)18-4/h11H,5-6,9-10H2,1-4H3. The molecule has 0 aliphatic heterocycles. The Morgan fingerprint density at radius 1 is 1.22 bits per heavy atom. The Morgan fingerprint density at radius 2 is 1.89 bits per heavy atom. The first kappa shape index (κ1) is 14.9. The summed E-state index contributed by atoms with van der Waals surface area (Å²) in [6, 6.07) is 2.00. The summed E-state index contributed by atoms with van der Waals surface area (Å²) in [5, 5.41) is 0.840. The maximum absolute atomic E-state index is 6.28. The first-order valence-electron chi connectivity index (χ1n) is 6.40. The van der Waals surface area contributed by atoms with Gasteiger partial charge < -0.3 is 4.74 Å². The second kappa shape index (κ2) is 7.34. The summed E-state index contributed by atoms with van der Waals surface area (Å²) in [5.41, 5.74) is 3.36. The normalized spacial score (nSPS) is 9.83. The SMILES string of the molecule is CCCC#CCCc1c(OC)cc(C)c(Cl)c1C. The fraction of sp³-hybridized carbons (Fsp3) is 0.500. The highest BCUT2D eigenvalue weighted by Gasteiger charge is 2.11. The predicted octanol–water partition coefficient (Wildman–Crippen LogP) is 4.70. The number of aryl methyl sites for hydroxylation is 1. The van der Waals surface area contributed by atoms with Crippen molar-refractivity contribution in [1.29, 1.82) is 0 Å². The third-order valence-electron chi connectivity index (χ3n) is 2.99. The minimum absolute atomic E-state index is 0.840. The van der Waals surface area contributed by atoms with Crippen LogP contribution in [0.15, 0.2) is 6.07 Å². The molecule has 1 rings (SSSR count). The van der Waals surface area contributed by atoms with Gasteiger partial charge in [0, 0.05) is 17.9 Å². The topological polar surface area (TPSA) is 9.23 Å². The molecule has 0 unspecified atom stereocenters.